The number of thiol groups is 1. The SMILES string of the molecule is C=CC(=O)OC(OCCCCC(F)(F)C(F)(F)S)(C(=O)OCc1ccccc1)C(F)(F)F. The Bertz CT molecular complexity index is 781. The molecular formula is C19H19F7O5S. The van der Waals surface area contributed by atoms with Crippen LogP contribution in [0.15, 0.2) is 43.0 Å². The molecule has 1 aromatic carbocycles. The molecule has 0 saturated carbocycles. The second-order valence-corrected chi connectivity index (χ2v) is 6.91. The molecule has 0 radical (unpaired) electrons. The average Bonchev–Trinajstić information content (AvgIpc) is 2.69. The van der Waals surface area contributed by atoms with E-state index in [0.717, 1.165) is 0 Å². The molecule has 0 saturated heterocycles. The Labute approximate surface area is 183 Å². The number of hydrogen-bond acceptors (Lipinski definition) is 6. The number of esters is 2. The zero-order chi connectivity index (χ0) is 24.6. The number of carbonyl (C=O) groups excluding carboxylic acids is 2. The minimum Gasteiger partial charge on any atom is -0.456 e. The molecule has 0 aliphatic heterocycles. The summed E-state index contributed by atoms with van der Waals surface area (Å²) in [5.74, 6) is -12.6. The predicted octanol–water partition coefficient (Wildman–Crippen LogP) is 5.06. The van der Waals surface area contributed by atoms with Crippen LogP contribution in [0.3, 0.4) is 0 Å². The molecule has 5 nitrogen and oxygen atoms in total. The third-order valence-electron chi connectivity index (χ3n) is 3.90. The van der Waals surface area contributed by atoms with Crippen LogP contribution >= 0.6 is 12.6 Å². The standard InChI is InChI=1S/C19H19F7O5S/c1-2-14(27)31-17(18(22,23)24,15(28)29-12-13-8-4-3-5-9-13)30-11-7-6-10-16(20,21)19(25,26)32/h2-5,8-9,32H,1,6-7,10-12H2. The highest BCUT2D eigenvalue weighted by atomic mass is 32.1. The van der Waals surface area contributed by atoms with Gasteiger partial charge in [0.2, 0.25) is 0 Å². The Morgan fingerprint density at radius 3 is 2.09 bits per heavy atom. The summed E-state index contributed by atoms with van der Waals surface area (Å²) in [5.41, 5.74) is 0.307. The van der Waals surface area contributed by atoms with Crippen molar-refractivity contribution in [2.75, 3.05) is 6.61 Å². The Kier molecular flexibility index (Phi) is 9.57. The van der Waals surface area contributed by atoms with Crippen LogP contribution in [0, 0.1) is 0 Å². The van der Waals surface area contributed by atoms with E-state index in [1.165, 1.54) is 24.3 Å². The first kappa shape index (κ1) is 27.8. The molecule has 0 aliphatic carbocycles. The lowest BCUT2D eigenvalue weighted by atomic mass is 10.1. The van der Waals surface area contributed by atoms with Gasteiger partial charge in [0.1, 0.15) is 6.61 Å². The summed E-state index contributed by atoms with van der Waals surface area (Å²) in [6, 6.07) is 7.54. The fourth-order valence-corrected chi connectivity index (χ4v) is 2.31. The van der Waals surface area contributed by atoms with Crippen LogP contribution in [0.2, 0.25) is 0 Å². The van der Waals surface area contributed by atoms with E-state index in [1.807, 2.05) is 0 Å². The molecule has 1 atom stereocenters. The number of hydrogen-bond donors (Lipinski definition) is 1. The lowest BCUT2D eigenvalue weighted by Gasteiger charge is -2.32. The Balaban J connectivity index is 2.94. The lowest BCUT2D eigenvalue weighted by molar-refractivity contribution is -0.355. The topological polar surface area (TPSA) is 61.8 Å². The summed E-state index contributed by atoms with van der Waals surface area (Å²) >= 11 is 2.48. The first-order chi connectivity index (χ1) is 14.7. The quantitative estimate of drug-likeness (QED) is 0.110. The molecular weight excluding hydrogens is 473 g/mol. The van der Waals surface area contributed by atoms with Crippen molar-refractivity contribution in [2.45, 2.75) is 49.0 Å². The minimum absolute atomic E-state index is 0.307. The van der Waals surface area contributed by atoms with Gasteiger partial charge in [0, 0.05) is 12.5 Å². The molecule has 1 rings (SSSR count). The first-order valence-electron chi connectivity index (χ1n) is 8.91. The van der Waals surface area contributed by atoms with Crippen molar-refractivity contribution in [2.24, 2.45) is 0 Å². The molecule has 0 bridgehead atoms. The van der Waals surface area contributed by atoms with Crippen LogP contribution in [-0.2, 0) is 30.4 Å². The van der Waals surface area contributed by atoms with Crippen molar-refractivity contribution < 1.29 is 54.5 Å². The molecule has 0 amide bonds. The second kappa shape index (κ2) is 11.0. The highest BCUT2D eigenvalue weighted by Crippen LogP contribution is 2.41. The number of rotatable bonds is 12. The molecule has 180 valence electrons. The van der Waals surface area contributed by atoms with Crippen LogP contribution in [0.5, 0.6) is 0 Å². The van der Waals surface area contributed by atoms with E-state index in [2.05, 4.69) is 33.4 Å². The molecule has 0 fully saturated rings. The van der Waals surface area contributed by atoms with Crippen LogP contribution in [0.25, 0.3) is 0 Å². The molecule has 0 heterocycles. The molecule has 13 heteroatoms. The number of benzene rings is 1. The fraction of sp³-hybridized carbons (Fsp3) is 0.474. The van der Waals surface area contributed by atoms with Crippen molar-refractivity contribution in [3.8, 4) is 0 Å². The van der Waals surface area contributed by atoms with Gasteiger partial charge in [-0.25, -0.2) is 9.59 Å². The van der Waals surface area contributed by atoms with Gasteiger partial charge < -0.3 is 14.2 Å². The van der Waals surface area contributed by atoms with Gasteiger partial charge >= 0.3 is 35.1 Å². The number of alkyl halides is 7. The van der Waals surface area contributed by atoms with Gasteiger partial charge in [-0.15, -0.1) is 0 Å². The molecule has 0 aromatic heterocycles. The number of unbranched alkanes of at least 4 members (excludes halogenated alkanes) is 1. The van der Waals surface area contributed by atoms with Crippen molar-refractivity contribution in [1.29, 1.82) is 0 Å². The van der Waals surface area contributed by atoms with E-state index in [4.69, 9.17) is 0 Å². The Hall–Kier alpha value is -2.28. The maximum atomic E-state index is 13.7. The van der Waals surface area contributed by atoms with E-state index >= 15 is 0 Å². The van der Waals surface area contributed by atoms with Gasteiger partial charge in [0.05, 0.1) is 6.61 Å². The van der Waals surface area contributed by atoms with Gasteiger partial charge in [-0.2, -0.15) is 30.7 Å². The zero-order valence-electron chi connectivity index (χ0n) is 16.3. The summed E-state index contributed by atoms with van der Waals surface area (Å²) in [6.45, 7) is 1.24. The van der Waals surface area contributed by atoms with Gasteiger partial charge in [-0.05, 0) is 18.4 Å². The normalized spacial score (nSPS) is 14.4. The highest BCUT2D eigenvalue weighted by Gasteiger charge is 2.67. The van der Waals surface area contributed by atoms with Crippen molar-refractivity contribution in [3.05, 3.63) is 48.6 Å². The van der Waals surface area contributed by atoms with E-state index < -0.39 is 67.6 Å². The van der Waals surface area contributed by atoms with E-state index in [0.29, 0.717) is 11.6 Å². The zero-order valence-corrected chi connectivity index (χ0v) is 17.2. The van der Waals surface area contributed by atoms with Crippen LogP contribution in [0.1, 0.15) is 24.8 Å². The van der Waals surface area contributed by atoms with Gasteiger partial charge in [-0.3, -0.25) is 0 Å². The van der Waals surface area contributed by atoms with Crippen LogP contribution < -0.4 is 0 Å². The second-order valence-electron chi connectivity index (χ2n) is 6.35. The fourth-order valence-electron chi connectivity index (χ4n) is 2.20. The highest BCUT2D eigenvalue weighted by molar-refractivity contribution is 7.81. The van der Waals surface area contributed by atoms with Crippen molar-refractivity contribution >= 4 is 24.6 Å². The Morgan fingerprint density at radius 2 is 1.59 bits per heavy atom. The molecule has 1 aromatic rings. The molecule has 0 spiro atoms. The lowest BCUT2D eigenvalue weighted by Crippen LogP contribution is -2.58. The van der Waals surface area contributed by atoms with Crippen molar-refractivity contribution in [1.82, 2.24) is 0 Å². The van der Waals surface area contributed by atoms with Crippen LogP contribution in [0.4, 0.5) is 30.7 Å². The monoisotopic (exact) mass is 492 g/mol. The summed E-state index contributed by atoms with van der Waals surface area (Å²) in [6.07, 6.45) is -8.05. The molecule has 0 aliphatic rings. The summed E-state index contributed by atoms with van der Waals surface area (Å²) < 4.78 is 106. The maximum absolute atomic E-state index is 13.7. The molecule has 32 heavy (non-hydrogen) atoms. The third-order valence-corrected chi connectivity index (χ3v) is 4.22. The van der Waals surface area contributed by atoms with Crippen molar-refractivity contribution in [3.63, 3.8) is 0 Å². The predicted molar refractivity (Wildman–Crippen MR) is 100.0 cm³/mol. The number of ether oxygens (including phenoxy) is 3. The number of carbonyl (C=O) groups is 2. The smallest absolute Gasteiger partial charge is 0.456 e. The minimum atomic E-state index is -5.64. The third kappa shape index (κ3) is 7.40. The van der Waals surface area contributed by atoms with E-state index in [1.54, 1.807) is 6.07 Å². The summed E-state index contributed by atoms with van der Waals surface area (Å²) in [7, 11) is 0. The van der Waals surface area contributed by atoms with E-state index in [-0.39, 0.29) is 0 Å². The molecule has 0 N–H and O–H groups in total. The largest absolute Gasteiger partial charge is 0.468 e. The number of halogens is 7. The van der Waals surface area contributed by atoms with Gasteiger partial charge in [0.25, 0.3) is 0 Å². The first-order valence-corrected chi connectivity index (χ1v) is 9.36. The van der Waals surface area contributed by atoms with Gasteiger partial charge in [0.15, 0.2) is 0 Å². The summed E-state index contributed by atoms with van der Waals surface area (Å²) in [5, 5.41) is -4.63. The maximum Gasteiger partial charge on any atom is 0.468 e. The summed E-state index contributed by atoms with van der Waals surface area (Å²) in [4.78, 5) is 23.7. The molecule has 1 unspecified atom stereocenters. The average molecular weight is 492 g/mol. The van der Waals surface area contributed by atoms with E-state index in [9.17, 15) is 40.3 Å². The Morgan fingerprint density at radius 1 is 1.00 bits per heavy atom. The van der Waals surface area contributed by atoms with Crippen LogP contribution in [-0.4, -0.2) is 41.7 Å². The van der Waals surface area contributed by atoms with Gasteiger partial charge in [-0.1, -0.05) is 49.5 Å².